The Bertz CT molecular complexity index is 352. The number of aliphatic hydroxyl groups is 1. The van der Waals surface area contributed by atoms with Crippen LogP contribution in [0.2, 0.25) is 0 Å². The maximum absolute atomic E-state index is 11.0. The van der Waals surface area contributed by atoms with Crippen molar-refractivity contribution in [2.45, 2.75) is 65.0 Å². The molecular formula is C19H36O7. The molecule has 2 heterocycles. The molecule has 1 N–H and O–H groups in total. The van der Waals surface area contributed by atoms with Crippen molar-refractivity contribution < 1.29 is 33.6 Å². The highest BCUT2D eigenvalue weighted by Gasteiger charge is 2.19. The molecule has 7 heteroatoms. The monoisotopic (exact) mass is 376 g/mol. The quantitative estimate of drug-likeness (QED) is 0.652. The molecule has 0 amide bonds. The molecule has 2 aliphatic heterocycles. The minimum absolute atomic E-state index is 0.0206. The van der Waals surface area contributed by atoms with Gasteiger partial charge in [0.25, 0.3) is 0 Å². The number of hydrogen-bond donors (Lipinski definition) is 1. The molecule has 2 saturated heterocycles. The second-order valence-corrected chi connectivity index (χ2v) is 6.97. The lowest BCUT2D eigenvalue weighted by atomic mass is 10.2. The van der Waals surface area contributed by atoms with Crippen molar-refractivity contribution in [2.75, 3.05) is 40.1 Å². The van der Waals surface area contributed by atoms with Crippen LogP contribution in [-0.2, 0) is 28.5 Å². The zero-order valence-corrected chi connectivity index (χ0v) is 16.5. The third-order valence-corrected chi connectivity index (χ3v) is 4.29. The van der Waals surface area contributed by atoms with Crippen LogP contribution in [-0.4, -0.2) is 63.8 Å². The molecule has 2 unspecified atom stereocenters. The molecule has 0 aromatic heterocycles. The van der Waals surface area contributed by atoms with Crippen LogP contribution >= 0.6 is 0 Å². The third kappa shape index (κ3) is 10.4. The molecule has 0 saturated carbocycles. The smallest absolute Gasteiger partial charge is 0.310 e. The van der Waals surface area contributed by atoms with Crippen LogP contribution in [0.3, 0.4) is 0 Å². The van der Waals surface area contributed by atoms with E-state index < -0.39 is 0 Å². The maximum Gasteiger partial charge on any atom is 0.310 e. The Morgan fingerprint density at radius 1 is 1.00 bits per heavy atom. The number of aliphatic hydroxyl groups excluding tert-OH is 1. The molecule has 7 nitrogen and oxygen atoms in total. The zero-order valence-electron chi connectivity index (χ0n) is 16.5. The molecule has 154 valence electrons. The second kappa shape index (κ2) is 14.3. The first-order valence-corrected chi connectivity index (χ1v) is 9.71. The van der Waals surface area contributed by atoms with E-state index in [1.54, 1.807) is 6.92 Å². The van der Waals surface area contributed by atoms with Crippen molar-refractivity contribution in [1.82, 2.24) is 0 Å². The number of carbonyl (C=O) groups is 1. The molecule has 0 aromatic carbocycles. The molecular weight excluding hydrogens is 340 g/mol. The Hall–Kier alpha value is -0.730. The van der Waals surface area contributed by atoms with E-state index in [2.05, 4.69) is 4.74 Å². The number of rotatable bonds is 8. The van der Waals surface area contributed by atoms with Gasteiger partial charge < -0.3 is 28.8 Å². The average molecular weight is 376 g/mol. The van der Waals surface area contributed by atoms with Crippen LogP contribution in [0.25, 0.3) is 0 Å². The predicted molar refractivity (Wildman–Crippen MR) is 96.5 cm³/mol. The summed E-state index contributed by atoms with van der Waals surface area (Å²) in [7, 11) is 1.38. The summed E-state index contributed by atoms with van der Waals surface area (Å²) in [4.78, 5) is 11.0. The Labute approximate surface area is 157 Å². The Kier molecular flexibility index (Phi) is 12.9. The first-order chi connectivity index (χ1) is 12.6. The second-order valence-electron chi connectivity index (χ2n) is 6.97. The van der Waals surface area contributed by atoms with E-state index in [1.807, 2.05) is 6.92 Å². The standard InChI is InChI=1S/C10H18O4.C9H18O3/c1-8(10(11)12-2)7-14-9-5-3-4-6-13-9;1-8(6-10)7-12-9-4-2-3-5-11-9/h8-9H,3-7H2,1-2H3;8-10H,2-7H2,1H3/t2*8-,9?/m01/s1. The summed E-state index contributed by atoms with van der Waals surface area (Å²) in [5.74, 6) is -0.234. The number of esters is 1. The van der Waals surface area contributed by atoms with Gasteiger partial charge in [0, 0.05) is 25.7 Å². The Morgan fingerprint density at radius 3 is 1.96 bits per heavy atom. The highest BCUT2D eigenvalue weighted by Crippen LogP contribution is 2.15. The molecule has 0 aromatic rings. The van der Waals surface area contributed by atoms with Gasteiger partial charge in [0.1, 0.15) is 0 Å². The van der Waals surface area contributed by atoms with Crippen LogP contribution in [0.1, 0.15) is 52.4 Å². The van der Waals surface area contributed by atoms with Gasteiger partial charge in [-0.3, -0.25) is 4.79 Å². The number of hydrogen-bond acceptors (Lipinski definition) is 7. The molecule has 4 atom stereocenters. The van der Waals surface area contributed by atoms with Crippen molar-refractivity contribution in [1.29, 1.82) is 0 Å². The summed E-state index contributed by atoms with van der Waals surface area (Å²) in [5.41, 5.74) is 0. The summed E-state index contributed by atoms with van der Waals surface area (Å²) < 4.78 is 26.2. The van der Waals surface area contributed by atoms with E-state index in [0.29, 0.717) is 13.2 Å². The number of ether oxygens (including phenoxy) is 5. The van der Waals surface area contributed by atoms with Crippen LogP contribution in [0.5, 0.6) is 0 Å². The van der Waals surface area contributed by atoms with Gasteiger partial charge in [0.15, 0.2) is 12.6 Å². The van der Waals surface area contributed by atoms with E-state index in [0.717, 1.165) is 45.3 Å². The van der Waals surface area contributed by atoms with Crippen molar-refractivity contribution in [3.63, 3.8) is 0 Å². The minimum Gasteiger partial charge on any atom is -0.469 e. The lowest BCUT2D eigenvalue weighted by molar-refractivity contribution is -0.175. The van der Waals surface area contributed by atoms with E-state index in [9.17, 15) is 4.79 Å². The fourth-order valence-corrected chi connectivity index (χ4v) is 2.53. The lowest BCUT2D eigenvalue weighted by Crippen LogP contribution is -2.27. The predicted octanol–water partition coefficient (Wildman–Crippen LogP) is 2.50. The van der Waals surface area contributed by atoms with Gasteiger partial charge >= 0.3 is 5.97 Å². The molecule has 2 aliphatic rings. The first kappa shape index (κ1) is 23.3. The van der Waals surface area contributed by atoms with Gasteiger partial charge in [-0.05, 0) is 45.4 Å². The fourth-order valence-electron chi connectivity index (χ4n) is 2.53. The van der Waals surface area contributed by atoms with Crippen molar-refractivity contribution >= 4 is 5.97 Å². The first-order valence-electron chi connectivity index (χ1n) is 9.71. The largest absolute Gasteiger partial charge is 0.469 e. The molecule has 26 heavy (non-hydrogen) atoms. The Balaban J connectivity index is 0.000000263. The lowest BCUT2D eigenvalue weighted by Gasteiger charge is -2.23. The van der Waals surface area contributed by atoms with Crippen molar-refractivity contribution in [3.05, 3.63) is 0 Å². The molecule has 0 bridgehead atoms. The zero-order chi connectivity index (χ0) is 19.2. The molecule has 0 aliphatic carbocycles. The van der Waals surface area contributed by atoms with Crippen LogP contribution in [0, 0.1) is 11.8 Å². The normalized spacial score (nSPS) is 25.5. The molecule has 2 rings (SSSR count). The topological polar surface area (TPSA) is 83.5 Å². The van der Waals surface area contributed by atoms with E-state index in [4.69, 9.17) is 24.1 Å². The van der Waals surface area contributed by atoms with Gasteiger partial charge in [-0.15, -0.1) is 0 Å². The summed E-state index contributed by atoms with van der Waals surface area (Å²) in [6.45, 7) is 6.48. The summed E-state index contributed by atoms with van der Waals surface area (Å²) in [5, 5.41) is 8.74. The van der Waals surface area contributed by atoms with Gasteiger partial charge in [-0.25, -0.2) is 0 Å². The Morgan fingerprint density at radius 2 is 1.54 bits per heavy atom. The van der Waals surface area contributed by atoms with E-state index in [1.165, 1.54) is 13.5 Å². The highest BCUT2D eigenvalue weighted by molar-refractivity contribution is 5.71. The van der Waals surface area contributed by atoms with Crippen LogP contribution in [0.15, 0.2) is 0 Å². The SMILES string of the molecule is COC(=O)[C@@H](C)COC1CCCCO1.C[C@H](CO)COC1CCCCO1. The van der Waals surface area contributed by atoms with E-state index in [-0.39, 0.29) is 37.0 Å². The van der Waals surface area contributed by atoms with Gasteiger partial charge in [-0.2, -0.15) is 0 Å². The van der Waals surface area contributed by atoms with Gasteiger partial charge in [-0.1, -0.05) is 6.92 Å². The molecule has 0 radical (unpaired) electrons. The number of methoxy groups -OCH3 is 1. The number of carbonyl (C=O) groups excluding carboxylic acids is 1. The summed E-state index contributed by atoms with van der Waals surface area (Å²) >= 11 is 0. The van der Waals surface area contributed by atoms with Gasteiger partial charge in [0.2, 0.25) is 0 Å². The summed E-state index contributed by atoms with van der Waals surface area (Å²) in [6, 6.07) is 0. The molecule has 2 fully saturated rings. The fraction of sp³-hybridized carbons (Fsp3) is 0.947. The van der Waals surface area contributed by atoms with Crippen LogP contribution in [0.4, 0.5) is 0 Å². The highest BCUT2D eigenvalue weighted by atomic mass is 16.7. The third-order valence-electron chi connectivity index (χ3n) is 4.29. The molecule has 0 spiro atoms. The van der Waals surface area contributed by atoms with Crippen molar-refractivity contribution in [2.24, 2.45) is 11.8 Å². The van der Waals surface area contributed by atoms with Crippen molar-refractivity contribution in [3.8, 4) is 0 Å². The van der Waals surface area contributed by atoms with Gasteiger partial charge in [0.05, 0.1) is 26.2 Å². The average Bonchev–Trinajstić information content (AvgIpc) is 2.71. The summed E-state index contributed by atoms with van der Waals surface area (Å²) in [6.07, 6.45) is 6.35. The van der Waals surface area contributed by atoms with E-state index >= 15 is 0 Å². The van der Waals surface area contributed by atoms with Crippen LogP contribution < -0.4 is 0 Å². The maximum atomic E-state index is 11.0. The minimum atomic E-state index is -0.235.